The molecule has 3 nitrogen and oxygen atoms in total. The first kappa shape index (κ1) is 16.5. The summed E-state index contributed by atoms with van der Waals surface area (Å²) in [5.74, 6) is -0.403. The zero-order valence-electron chi connectivity index (χ0n) is 11.3. The third-order valence-electron chi connectivity index (χ3n) is 3.08. The summed E-state index contributed by atoms with van der Waals surface area (Å²) in [6, 6.07) is 9.87. The van der Waals surface area contributed by atoms with Gasteiger partial charge in [0, 0.05) is 0 Å². The van der Waals surface area contributed by atoms with Crippen LogP contribution in [0.15, 0.2) is 53.4 Å². The van der Waals surface area contributed by atoms with E-state index < -0.39 is 27.3 Å². The summed E-state index contributed by atoms with van der Waals surface area (Å²) in [6.45, 7) is -0.166. The van der Waals surface area contributed by atoms with Gasteiger partial charge in [-0.15, -0.1) is 0 Å². The Balaban J connectivity index is 2.30. The Morgan fingerprint density at radius 3 is 2.09 bits per heavy atom. The fraction of sp³-hybridized carbons (Fsp3) is 0.200. The number of aliphatic hydroxyl groups is 1. The van der Waals surface area contributed by atoms with Crippen molar-refractivity contribution in [1.82, 2.24) is 0 Å². The molecule has 7 heteroatoms. The standard InChI is InChI=1S/C15H13F3O3S/c16-15(17,18)13-2-1-3-14(8-13)22(20,21)10-12-6-4-11(9-19)5-7-12/h1-8,19H,9-10H2. The van der Waals surface area contributed by atoms with Crippen molar-refractivity contribution >= 4 is 9.84 Å². The Morgan fingerprint density at radius 2 is 1.55 bits per heavy atom. The average molecular weight is 330 g/mol. The summed E-state index contributed by atoms with van der Waals surface area (Å²) >= 11 is 0. The van der Waals surface area contributed by atoms with Crippen molar-refractivity contribution < 1.29 is 26.7 Å². The van der Waals surface area contributed by atoms with E-state index in [9.17, 15) is 21.6 Å². The Labute approximate surface area is 125 Å². The molecule has 118 valence electrons. The number of rotatable bonds is 4. The molecule has 0 saturated heterocycles. The molecule has 0 heterocycles. The highest BCUT2D eigenvalue weighted by Crippen LogP contribution is 2.31. The average Bonchev–Trinajstić information content (AvgIpc) is 2.47. The molecule has 0 spiro atoms. The third kappa shape index (κ3) is 3.86. The number of benzene rings is 2. The molecule has 22 heavy (non-hydrogen) atoms. The molecule has 0 aromatic heterocycles. The van der Waals surface area contributed by atoms with E-state index in [1.807, 2.05) is 0 Å². The van der Waals surface area contributed by atoms with Crippen molar-refractivity contribution in [3.8, 4) is 0 Å². The fourth-order valence-corrected chi connectivity index (χ4v) is 3.30. The van der Waals surface area contributed by atoms with Gasteiger partial charge < -0.3 is 5.11 Å². The van der Waals surface area contributed by atoms with Gasteiger partial charge in [0.15, 0.2) is 9.84 Å². The first-order valence-electron chi connectivity index (χ1n) is 6.31. The highest BCUT2D eigenvalue weighted by Gasteiger charge is 2.31. The van der Waals surface area contributed by atoms with E-state index in [0.29, 0.717) is 17.2 Å². The van der Waals surface area contributed by atoms with E-state index in [-0.39, 0.29) is 11.5 Å². The van der Waals surface area contributed by atoms with Gasteiger partial charge in [-0.1, -0.05) is 30.3 Å². The predicted octanol–water partition coefficient (Wildman–Crippen LogP) is 3.17. The maximum absolute atomic E-state index is 12.6. The summed E-state index contributed by atoms with van der Waals surface area (Å²) in [7, 11) is -3.88. The van der Waals surface area contributed by atoms with Crippen LogP contribution in [0.1, 0.15) is 16.7 Å². The second kappa shape index (κ2) is 6.10. The van der Waals surface area contributed by atoms with Crippen molar-refractivity contribution in [2.75, 3.05) is 0 Å². The molecule has 0 aliphatic carbocycles. The zero-order valence-corrected chi connectivity index (χ0v) is 12.2. The molecule has 1 N–H and O–H groups in total. The third-order valence-corrected chi connectivity index (χ3v) is 4.77. The van der Waals surface area contributed by atoms with Gasteiger partial charge in [0.25, 0.3) is 0 Å². The van der Waals surface area contributed by atoms with Crippen molar-refractivity contribution in [2.24, 2.45) is 0 Å². The van der Waals surface area contributed by atoms with Gasteiger partial charge in [0.1, 0.15) is 0 Å². The highest BCUT2D eigenvalue weighted by molar-refractivity contribution is 7.90. The van der Waals surface area contributed by atoms with Crippen LogP contribution >= 0.6 is 0 Å². The maximum Gasteiger partial charge on any atom is 0.416 e. The summed E-state index contributed by atoms with van der Waals surface area (Å²) in [6.07, 6.45) is -4.59. The van der Waals surface area contributed by atoms with Crippen LogP contribution in [0.4, 0.5) is 13.2 Å². The predicted molar refractivity (Wildman–Crippen MR) is 74.7 cm³/mol. The number of hydrogen-bond donors (Lipinski definition) is 1. The first-order chi connectivity index (χ1) is 10.2. The lowest BCUT2D eigenvalue weighted by atomic mass is 10.2. The summed E-state index contributed by atoms with van der Waals surface area (Å²) < 4.78 is 62.4. The summed E-state index contributed by atoms with van der Waals surface area (Å²) in [4.78, 5) is -0.367. The molecule has 2 aromatic carbocycles. The quantitative estimate of drug-likeness (QED) is 0.937. The van der Waals surface area contributed by atoms with E-state index in [1.165, 1.54) is 12.1 Å². The molecular formula is C15H13F3O3S. The van der Waals surface area contributed by atoms with Crippen LogP contribution in [0.5, 0.6) is 0 Å². The molecule has 0 saturated carbocycles. The number of alkyl halides is 3. The number of halogens is 3. The minimum absolute atomic E-state index is 0.166. The van der Waals surface area contributed by atoms with E-state index >= 15 is 0 Å². The van der Waals surface area contributed by atoms with Crippen LogP contribution < -0.4 is 0 Å². The Morgan fingerprint density at radius 1 is 0.955 bits per heavy atom. The molecular weight excluding hydrogens is 317 g/mol. The van der Waals surface area contributed by atoms with Crippen LogP contribution in [0, 0.1) is 0 Å². The molecule has 2 aromatic rings. The monoisotopic (exact) mass is 330 g/mol. The number of hydrogen-bond acceptors (Lipinski definition) is 3. The van der Waals surface area contributed by atoms with E-state index in [0.717, 1.165) is 18.2 Å². The number of aliphatic hydroxyl groups excluding tert-OH is 1. The Kier molecular flexibility index (Phi) is 4.58. The molecule has 0 aliphatic heterocycles. The molecule has 2 rings (SSSR count). The van der Waals surface area contributed by atoms with Crippen LogP contribution in [0.2, 0.25) is 0 Å². The van der Waals surface area contributed by atoms with Crippen LogP contribution in [0.25, 0.3) is 0 Å². The van der Waals surface area contributed by atoms with Gasteiger partial charge in [-0.25, -0.2) is 8.42 Å². The largest absolute Gasteiger partial charge is 0.416 e. The normalized spacial score (nSPS) is 12.4. The second-order valence-corrected chi connectivity index (χ2v) is 6.75. The van der Waals surface area contributed by atoms with Crippen molar-refractivity contribution in [2.45, 2.75) is 23.4 Å². The molecule has 0 amide bonds. The van der Waals surface area contributed by atoms with Crippen LogP contribution in [-0.2, 0) is 28.4 Å². The first-order valence-corrected chi connectivity index (χ1v) is 7.96. The SMILES string of the molecule is O=S(=O)(Cc1ccc(CO)cc1)c1cccc(C(F)(F)F)c1. The Bertz CT molecular complexity index is 750. The van der Waals surface area contributed by atoms with Gasteiger partial charge >= 0.3 is 6.18 Å². The minimum Gasteiger partial charge on any atom is -0.392 e. The lowest BCUT2D eigenvalue weighted by molar-refractivity contribution is -0.137. The maximum atomic E-state index is 12.6. The highest BCUT2D eigenvalue weighted by atomic mass is 32.2. The van der Waals surface area contributed by atoms with E-state index in [1.54, 1.807) is 12.1 Å². The molecule has 0 atom stereocenters. The topological polar surface area (TPSA) is 54.4 Å². The van der Waals surface area contributed by atoms with Crippen molar-refractivity contribution in [3.05, 3.63) is 65.2 Å². The number of sulfone groups is 1. The molecule has 0 aliphatic rings. The van der Waals surface area contributed by atoms with Gasteiger partial charge in [0.2, 0.25) is 0 Å². The van der Waals surface area contributed by atoms with E-state index in [4.69, 9.17) is 5.11 Å². The van der Waals surface area contributed by atoms with Gasteiger partial charge in [-0.2, -0.15) is 13.2 Å². The lowest BCUT2D eigenvalue weighted by Crippen LogP contribution is -2.09. The van der Waals surface area contributed by atoms with Crippen molar-refractivity contribution in [3.63, 3.8) is 0 Å². The van der Waals surface area contributed by atoms with Gasteiger partial charge in [-0.3, -0.25) is 0 Å². The van der Waals surface area contributed by atoms with Crippen LogP contribution in [0.3, 0.4) is 0 Å². The smallest absolute Gasteiger partial charge is 0.392 e. The summed E-state index contributed by atoms with van der Waals surface area (Å²) in [5, 5.41) is 8.92. The van der Waals surface area contributed by atoms with Gasteiger partial charge in [0.05, 0.1) is 22.8 Å². The lowest BCUT2D eigenvalue weighted by Gasteiger charge is -2.09. The van der Waals surface area contributed by atoms with Gasteiger partial charge in [-0.05, 0) is 29.3 Å². The minimum atomic E-state index is -4.59. The fourth-order valence-electron chi connectivity index (χ4n) is 1.91. The molecule has 0 unspecified atom stereocenters. The van der Waals surface area contributed by atoms with Crippen molar-refractivity contribution in [1.29, 1.82) is 0 Å². The van der Waals surface area contributed by atoms with Crippen LogP contribution in [-0.4, -0.2) is 13.5 Å². The zero-order chi connectivity index (χ0) is 16.4. The van der Waals surface area contributed by atoms with E-state index in [2.05, 4.69) is 0 Å². The Hall–Kier alpha value is -1.86. The molecule has 0 radical (unpaired) electrons. The summed E-state index contributed by atoms with van der Waals surface area (Å²) in [5.41, 5.74) is 0.0685. The molecule has 0 bridgehead atoms. The second-order valence-electron chi connectivity index (χ2n) is 4.76. The molecule has 0 fully saturated rings.